The first kappa shape index (κ1) is 20.1. The van der Waals surface area contributed by atoms with Gasteiger partial charge in [0, 0.05) is 5.56 Å². The highest BCUT2D eigenvalue weighted by Gasteiger charge is 2.19. The van der Waals surface area contributed by atoms with Crippen molar-refractivity contribution in [2.45, 2.75) is 46.6 Å². The zero-order valence-electron chi connectivity index (χ0n) is 16.9. The summed E-state index contributed by atoms with van der Waals surface area (Å²) in [5.41, 5.74) is 4.89. The molecular formula is C23H25NO3S. The Bertz CT molecular complexity index is 998. The van der Waals surface area contributed by atoms with E-state index in [0.29, 0.717) is 12.3 Å². The smallest absolute Gasteiger partial charge is 0.347 e. The van der Waals surface area contributed by atoms with Gasteiger partial charge in [-0.15, -0.1) is 11.3 Å². The van der Waals surface area contributed by atoms with Gasteiger partial charge in [-0.1, -0.05) is 57.2 Å². The molecule has 3 rings (SSSR count). The zero-order chi connectivity index (χ0) is 20.5. The monoisotopic (exact) mass is 395 g/mol. The Morgan fingerprint density at radius 1 is 1.11 bits per heavy atom. The predicted octanol–water partition coefficient (Wildman–Crippen LogP) is 6.00. The second-order valence-electron chi connectivity index (χ2n) is 7.97. The summed E-state index contributed by atoms with van der Waals surface area (Å²) in [6.07, 6.45) is 0. The molecule has 0 aliphatic heterocycles. The van der Waals surface area contributed by atoms with E-state index in [1.807, 2.05) is 24.3 Å². The lowest BCUT2D eigenvalue weighted by Crippen LogP contribution is -2.13. The van der Waals surface area contributed by atoms with Crippen molar-refractivity contribution in [1.29, 1.82) is 0 Å². The third-order valence-electron chi connectivity index (χ3n) is 4.53. The number of carboxylic acid groups (broad SMARTS) is 1. The fraction of sp³-hybridized carbons (Fsp3) is 0.304. The van der Waals surface area contributed by atoms with E-state index in [9.17, 15) is 9.90 Å². The summed E-state index contributed by atoms with van der Waals surface area (Å²) in [4.78, 5) is 15.9. The lowest BCUT2D eigenvalue weighted by Gasteiger charge is -2.23. The molecule has 1 heterocycles. The fourth-order valence-electron chi connectivity index (χ4n) is 2.99. The Morgan fingerprint density at radius 2 is 1.79 bits per heavy atom. The van der Waals surface area contributed by atoms with Gasteiger partial charge < -0.3 is 9.84 Å². The molecule has 0 bridgehead atoms. The van der Waals surface area contributed by atoms with Crippen molar-refractivity contribution < 1.29 is 14.6 Å². The van der Waals surface area contributed by atoms with Gasteiger partial charge in [0.1, 0.15) is 22.2 Å². The second kappa shape index (κ2) is 7.76. The first-order chi connectivity index (χ1) is 13.1. The average molecular weight is 396 g/mol. The summed E-state index contributed by atoms with van der Waals surface area (Å²) in [7, 11) is 0. The molecule has 0 aliphatic rings. The molecule has 1 N–H and O–H groups in total. The van der Waals surface area contributed by atoms with Crippen LogP contribution in [0.2, 0.25) is 0 Å². The molecule has 5 heteroatoms. The molecule has 0 spiro atoms. The highest BCUT2D eigenvalue weighted by molar-refractivity contribution is 7.17. The number of thiazole rings is 1. The first-order valence-corrected chi connectivity index (χ1v) is 10.0. The van der Waals surface area contributed by atoms with Crippen LogP contribution in [-0.4, -0.2) is 16.1 Å². The van der Waals surface area contributed by atoms with Gasteiger partial charge in [0.2, 0.25) is 0 Å². The number of rotatable bonds is 5. The standard InChI is InChI=1S/C23H25NO3S/c1-14-6-11-18(23(3,4)5)19(12-14)27-13-16-7-9-17(10-8-16)21-24-15(2)20(28-21)22(25)26/h6-12H,13H2,1-5H3,(H,25,26). The number of aromatic carboxylic acids is 1. The van der Waals surface area contributed by atoms with Gasteiger partial charge in [0.05, 0.1) is 5.69 Å². The molecule has 0 saturated carbocycles. The van der Waals surface area contributed by atoms with Crippen molar-refractivity contribution in [3.8, 4) is 16.3 Å². The largest absolute Gasteiger partial charge is 0.489 e. The van der Waals surface area contributed by atoms with Crippen molar-refractivity contribution in [2.24, 2.45) is 0 Å². The van der Waals surface area contributed by atoms with E-state index < -0.39 is 5.97 Å². The van der Waals surface area contributed by atoms with E-state index >= 15 is 0 Å². The zero-order valence-corrected chi connectivity index (χ0v) is 17.7. The Kier molecular flexibility index (Phi) is 5.57. The van der Waals surface area contributed by atoms with Crippen LogP contribution in [0.5, 0.6) is 5.75 Å². The number of benzene rings is 2. The lowest BCUT2D eigenvalue weighted by molar-refractivity contribution is 0.0701. The van der Waals surface area contributed by atoms with Gasteiger partial charge in [0.15, 0.2) is 0 Å². The minimum absolute atomic E-state index is 0.0113. The summed E-state index contributed by atoms with van der Waals surface area (Å²) >= 11 is 1.20. The van der Waals surface area contributed by atoms with Crippen molar-refractivity contribution in [3.63, 3.8) is 0 Å². The SMILES string of the molecule is Cc1ccc(C(C)(C)C)c(OCc2ccc(-c3nc(C)c(C(=O)O)s3)cc2)c1. The Balaban J connectivity index is 1.76. The minimum Gasteiger partial charge on any atom is -0.489 e. The van der Waals surface area contributed by atoms with Crippen LogP contribution in [0, 0.1) is 13.8 Å². The Hall–Kier alpha value is -2.66. The molecule has 4 nitrogen and oxygen atoms in total. The highest BCUT2D eigenvalue weighted by Crippen LogP contribution is 2.33. The number of aromatic nitrogens is 1. The third kappa shape index (κ3) is 4.42. The molecule has 0 unspecified atom stereocenters. The van der Waals surface area contributed by atoms with Crippen molar-refractivity contribution >= 4 is 17.3 Å². The van der Waals surface area contributed by atoms with Gasteiger partial charge in [-0.25, -0.2) is 9.78 Å². The van der Waals surface area contributed by atoms with Gasteiger partial charge in [-0.05, 0) is 42.0 Å². The Labute approximate surface area is 169 Å². The molecule has 2 aromatic carbocycles. The molecule has 0 atom stereocenters. The van der Waals surface area contributed by atoms with Crippen molar-refractivity contribution in [3.05, 3.63) is 69.7 Å². The van der Waals surface area contributed by atoms with Crippen LogP contribution in [0.1, 0.15) is 52.8 Å². The molecule has 1 aromatic heterocycles. The topological polar surface area (TPSA) is 59.4 Å². The van der Waals surface area contributed by atoms with E-state index in [1.54, 1.807) is 6.92 Å². The van der Waals surface area contributed by atoms with Gasteiger partial charge in [-0.2, -0.15) is 0 Å². The van der Waals surface area contributed by atoms with E-state index in [4.69, 9.17) is 4.74 Å². The molecule has 0 radical (unpaired) electrons. The molecule has 28 heavy (non-hydrogen) atoms. The molecular weight excluding hydrogens is 370 g/mol. The molecule has 3 aromatic rings. The highest BCUT2D eigenvalue weighted by atomic mass is 32.1. The van der Waals surface area contributed by atoms with E-state index in [2.05, 4.69) is 50.9 Å². The number of hydrogen-bond acceptors (Lipinski definition) is 4. The molecule has 0 aliphatic carbocycles. The normalized spacial score (nSPS) is 11.5. The average Bonchev–Trinajstić information content (AvgIpc) is 3.01. The van der Waals surface area contributed by atoms with Gasteiger partial charge >= 0.3 is 5.97 Å². The summed E-state index contributed by atoms with van der Waals surface area (Å²) in [5, 5.41) is 9.92. The van der Waals surface area contributed by atoms with Crippen LogP contribution in [-0.2, 0) is 12.0 Å². The molecule has 0 saturated heterocycles. The predicted molar refractivity (Wildman–Crippen MR) is 113 cm³/mol. The van der Waals surface area contributed by atoms with Crippen LogP contribution in [0.3, 0.4) is 0 Å². The second-order valence-corrected chi connectivity index (χ2v) is 8.97. The first-order valence-electron chi connectivity index (χ1n) is 9.19. The minimum atomic E-state index is -0.931. The maximum atomic E-state index is 11.2. The number of carbonyl (C=O) groups is 1. The number of hydrogen-bond donors (Lipinski definition) is 1. The van der Waals surface area contributed by atoms with Crippen LogP contribution in [0.4, 0.5) is 0 Å². The molecule has 0 amide bonds. The quantitative estimate of drug-likeness (QED) is 0.575. The van der Waals surface area contributed by atoms with E-state index in [1.165, 1.54) is 22.5 Å². The molecule has 0 fully saturated rings. The van der Waals surface area contributed by atoms with Gasteiger partial charge in [0.25, 0.3) is 0 Å². The Morgan fingerprint density at radius 3 is 2.36 bits per heavy atom. The van der Waals surface area contributed by atoms with Gasteiger partial charge in [-0.3, -0.25) is 0 Å². The number of ether oxygens (including phenoxy) is 1. The lowest BCUT2D eigenvalue weighted by atomic mass is 9.86. The maximum Gasteiger partial charge on any atom is 0.347 e. The van der Waals surface area contributed by atoms with Crippen LogP contribution in [0.15, 0.2) is 42.5 Å². The summed E-state index contributed by atoms with van der Waals surface area (Å²) < 4.78 is 6.14. The number of aryl methyl sites for hydroxylation is 2. The third-order valence-corrected chi connectivity index (χ3v) is 5.73. The van der Waals surface area contributed by atoms with Crippen molar-refractivity contribution in [2.75, 3.05) is 0 Å². The maximum absolute atomic E-state index is 11.2. The van der Waals surface area contributed by atoms with Crippen molar-refractivity contribution in [1.82, 2.24) is 4.98 Å². The summed E-state index contributed by atoms with van der Waals surface area (Å²) in [5.74, 6) is -0.0164. The van der Waals surface area contributed by atoms with Crippen LogP contribution >= 0.6 is 11.3 Å². The van der Waals surface area contributed by atoms with E-state index in [0.717, 1.165) is 21.9 Å². The number of nitrogens with zero attached hydrogens (tertiary/aromatic N) is 1. The fourth-order valence-corrected chi connectivity index (χ4v) is 3.90. The summed E-state index contributed by atoms with van der Waals surface area (Å²) in [6.45, 7) is 10.8. The van der Waals surface area contributed by atoms with Crippen LogP contribution < -0.4 is 4.74 Å². The summed E-state index contributed by atoms with van der Waals surface area (Å²) in [6, 6.07) is 14.3. The number of carboxylic acids is 1. The molecule has 146 valence electrons. The van der Waals surface area contributed by atoms with E-state index in [-0.39, 0.29) is 10.3 Å². The van der Waals surface area contributed by atoms with Crippen LogP contribution in [0.25, 0.3) is 10.6 Å².